The highest BCUT2D eigenvalue weighted by Crippen LogP contribution is 2.19. The Morgan fingerprint density at radius 1 is 1.31 bits per heavy atom. The van der Waals surface area contributed by atoms with Crippen LogP contribution in [0, 0.1) is 0 Å². The smallest absolute Gasteiger partial charge is 0.167 e. The van der Waals surface area contributed by atoms with Crippen LogP contribution >= 0.6 is 12.2 Å². The van der Waals surface area contributed by atoms with Crippen molar-refractivity contribution in [2.45, 2.75) is 38.5 Å². The van der Waals surface area contributed by atoms with Crippen molar-refractivity contribution in [2.75, 3.05) is 6.44 Å². The van der Waals surface area contributed by atoms with Gasteiger partial charge in [0, 0.05) is 12.1 Å². The van der Waals surface area contributed by atoms with Crippen molar-refractivity contribution in [1.82, 2.24) is 5.32 Å². The van der Waals surface area contributed by atoms with Crippen LogP contribution in [0.2, 0.25) is 0 Å². The highest BCUT2D eigenvalue weighted by atomic mass is 32.1. The SMILES string of the molecule is [B]CN/C1=C(\C(N)=S)C(=O)CCCCCC1. The summed E-state index contributed by atoms with van der Waals surface area (Å²) < 4.78 is 0. The van der Waals surface area contributed by atoms with Gasteiger partial charge in [0.2, 0.25) is 0 Å². The summed E-state index contributed by atoms with van der Waals surface area (Å²) in [5.74, 6) is 0.0466. The maximum absolute atomic E-state index is 11.9. The number of rotatable bonds is 3. The predicted molar refractivity (Wildman–Crippen MR) is 70.3 cm³/mol. The monoisotopic (exact) mass is 236 g/mol. The van der Waals surface area contributed by atoms with Crippen LogP contribution in [-0.4, -0.2) is 25.1 Å². The van der Waals surface area contributed by atoms with E-state index in [0.717, 1.165) is 37.8 Å². The average Bonchev–Trinajstić information content (AvgIpc) is 2.29. The van der Waals surface area contributed by atoms with Gasteiger partial charge in [0.1, 0.15) is 4.99 Å². The molecule has 3 nitrogen and oxygen atoms in total. The van der Waals surface area contributed by atoms with Crippen molar-refractivity contribution in [2.24, 2.45) is 5.73 Å². The number of hydrogen-bond donors (Lipinski definition) is 2. The third kappa shape index (κ3) is 3.63. The molecule has 0 aromatic heterocycles. The molecule has 1 aliphatic carbocycles. The van der Waals surface area contributed by atoms with Crippen LogP contribution in [0.4, 0.5) is 0 Å². The number of carbonyl (C=O) groups is 1. The second-order valence-electron chi connectivity index (χ2n) is 3.94. The molecule has 0 aromatic rings. The fourth-order valence-corrected chi connectivity index (χ4v) is 2.18. The normalized spacial score (nSPS) is 23.1. The molecular weight excluding hydrogens is 219 g/mol. The van der Waals surface area contributed by atoms with Crippen molar-refractivity contribution >= 4 is 30.8 Å². The molecule has 0 unspecified atom stereocenters. The van der Waals surface area contributed by atoms with Gasteiger partial charge in [-0.3, -0.25) is 4.79 Å². The van der Waals surface area contributed by atoms with Crippen molar-refractivity contribution in [1.29, 1.82) is 0 Å². The molecular formula is C11H17BN2OS. The molecule has 1 rings (SSSR count). The Morgan fingerprint density at radius 2 is 1.94 bits per heavy atom. The zero-order valence-electron chi connectivity index (χ0n) is 9.42. The second kappa shape index (κ2) is 6.68. The molecule has 2 radical (unpaired) electrons. The minimum atomic E-state index is 0.0466. The number of allylic oxidation sites excluding steroid dienone is 1. The number of Topliss-reactive ketones (excluding diaryl/α,β-unsaturated/α-hetero) is 1. The summed E-state index contributed by atoms with van der Waals surface area (Å²) in [6.45, 7) is 0. The van der Waals surface area contributed by atoms with E-state index in [-0.39, 0.29) is 10.8 Å². The quantitative estimate of drug-likeness (QED) is 0.570. The number of carbonyl (C=O) groups excluding carboxylic acids is 1. The Balaban J connectivity index is 2.99. The van der Waals surface area contributed by atoms with Crippen LogP contribution in [0.1, 0.15) is 38.5 Å². The van der Waals surface area contributed by atoms with Gasteiger partial charge in [-0.2, -0.15) is 0 Å². The molecule has 0 saturated heterocycles. The topological polar surface area (TPSA) is 55.1 Å². The third-order valence-electron chi connectivity index (χ3n) is 2.72. The molecule has 5 heteroatoms. The number of ketones is 1. The van der Waals surface area contributed by atoms with Gasteiger partial charge >= 0.3 is 0 Å². The molecule has 3 N–H and O–H groups in total. The van der Waals surface area contributed by atoms with Gasteiger partial charge in [-0.1, -0.05) is 25.1 Å². The largest absolute Gasteiger partial charge is 0.397 e. The molecule has 16 heavy (non-hydrogen) atoms. The zero-order chi connectivity index (χ0) is 12.0. The molecule has 86 valence electrons. The maximum Gasteiger partial charge on any atom is 0.167 e. The van der Waals surface area contributed by atoms with E-state index in [2.05, 4.69) is 5.32 Å². The van der Waals surface area contributed by atoms with E-state index in [4.69, 9.17) is 25.8 Å². The van der Waals surface area contributed by atoms with Crippen molar-refractivity contribution in [3.8, 4) is 0 Å². The van der Waals surface area contributed by atoms with Gasteiger partial charge < -0.3 is 11.1 Å². The maximum atomic E-state index is 11.9. The fraction of sp³-hybridized carbons (Fsp3) is 0.636. The van der Waals surface area contributed by atoms with E-state index < -0.39 is 0 Å². The molecule has 0 aliphatic heterocycles. The summed E-state index contributed by atoms with van der Waals surface area (Å²) >= 11 is 4.95. The van der Waals surface area contributed by atoms with Gasteiger partial charge in [0.25, 0.3) is 0 Å². The summed E-state index contributed by atoms with van der Waals surface area (Å²) in [4.78, 5) is 12.1. The second-order valence-corrected chi connectivity index (χ2v) is 4.38. The lowest BCUT2D eigenvalue weighted by molar-refractivity contribution is -0.115. The molecule has 0 heterocycles. The molecule has 0 spiro atoms. The molecule has 0 saturated carbocycles. The lowest BCUT2D eigenvalue weighted by atomic mass is 10.0. The first kappa shape index (κ1) is 13.2. The highest BCUT2D eigenvalue weighted by molar-refractivity contribution is 7.80. The Hall–Kier alpha value is -0.835. The third-order valence-corrected chi connectivity index (χ3v) is 2.93. The molecule has 0 aromatic carbocycles. The van der Waals surface area contributed by atoms with Crippen molar-refractivity contribution < 1.29 is 4.79 Å². The highest BCUT2D eigenvalue weighted by Gasteiger charge is 2.18. The van der Waals surface area contributed by atoms with Crippen LogP contribution < -0.4 is 11.1 Å². The van der Waals surface area contributed by atoms with Gasteiger partial charge in [-0.05, 0) is 25.7 Å². The zero-order valence-corrected chi connectivity index (χ0v) is 10.2. The van der Waals surface area contributed by atoms with E-state index in [1.54, 1.807) is 0 Å². The molecule has 0 atom stereocenters. The first-order valence-corrected chi connectivity index (χ1v) is 6.07. The van der Waals surface area contributed by atoms with E-state index in [0.29, 0.717) is 18.4 Å². The lowest BCUT2D eigenvalue weighted by Gasteiger charge is -2.14. The van der Waals surface area contributed by atoms with Gasteiger partial charge in [0.15, 0.2) is 5.78 Å². The Morgan fingerprint density at radius 3 is 2.50 bits per heavy atom. The fourth-order valence-electron chi connectivity index (χ4n) is 1.95. The standard InChI is InChI=1S/C11H17BN2OS/c12-7-14-8-5-3-1-2-4-6-9(15)10(8)11(13)16/h14H,1-7H2,(H2,13,16)/b10-8-. The summed E-state index contributed by atoms with van der Waals surface area (Å²) in [5, 5.41) is 3.01. The number of thiocarbonyl (C=S) groups is 1. The van der Waals surface area contributed by atoms with Crippen LogP contribution in [0.5, 0.6) is 0 Å². The molecule has 0 fully saturated rings. The number of nitrogens with one attached hydrogen (secondary N) is 1. The van der Waals surface area contributed by atoms with Crippen molar-refractivity contribution in [3.05, 3.63) is 11.3 Å². The predicted octanol–water partition coefficient (Wildman–Crippen LogP) is 1.17. The average molecular weight is 236 g/mol. The van der Waals surface area contributed by atoms with E-state index in [1.807, 2.05) is 0 Å². The van der Waals surface area contributed by atoms with Crippen LogP contribution in [0.25, 0.3) is 0 Å². The summed E-state index contributed by atoms with van der Waals surface area (Å²) in [5.41, 5.74) is 6.93. The minimum absolute atomic E-state index is 0.0466. The molecule has 0 amide bonds. The summed E-state index contributed by atoms with van der Waals surface area (Å²) in [6.07, 6.45) is 5.81. The Bertz CT molecular complexity index is 315. The molecule has 0 bridgehead atoms. The van der Waals surface area contributed by atoms with E-state index in [1.165, 1.54) is 0 Å². The minimum Gasteiger partial charge on any atom is -0.397 e. The van der Waals surface area contributed by atoms with Gasteiger partial charge in [-0.15, -0.1) is 0 Å². The Labute approximate surface area is 103 Å². The Kier molecular flexibility index (Phi) is 5.53. The number of nitrogens with two attached hydrogens (primary N) is 1. The summed E-state index contributed by atoms with van der Waals surface area (Å²) in [7, 11) is 5.46. The first-order valence-electron chi connectivity index (χ1n) is 5.67. The lowest BCUT2D eigenvalue weighted by Crippen LogP contribution is -2.26. The van der Waals surface area contributed by atoms with Crippen LogP contribution in [0.3, 0.4) is 0 Å². The van der Waals surface area contributed by atoms with Gasteiger partial charge in [0.05, 0.1) is 13.4 Å². The van der Waals surface area contributed by atoms with Crippen LogP contribution in [0.15, 0.2) is 11.3 Å². The number of hydrogen-bond acceptors (Lipinski definition) is 3. The summed E-state index contributed by atoms with van der Waals surface area (Å²) in [6, 6.07) is 0. The van der Waals surface area contributed by atoms with E-state index >= 15 is 0 Å². The van der Waals surface area contributed by atoms with Gasteiger partial charge in [-0.25, -0.2) is 0 Å². The first-order chi connectivity index (χ1) is 7.66. The molecule has 1 aliphatic rings. The van der Waals surface area contributed by atoms with E-state index in [9.17, 15) is 4.79 Å². The van der Waals surface area contributed by atoms with Crippen molar-refractivity contribution in [3.63, 3.8) is 0 Å². The van der Waals surface area contributed by atoms with Crippen LogP contribution in [-0.2, 0) is 4.79 Å².